The Labute approximate surface area is 117 Å². The van der Waals surface area contributed by atoms with Gasteiger partial charge in [0.05, 0.1) is 12.5 Å². The van der Waals surface area contributed by atoms with E-state index in [0.29, 0.717) is 12.3 Å². The summed E-state index contributed by atoms with van der Waals surface area (Å²) in [6.07, 6.45) is -0.489. The Bertz CT molecular complexity index is 299. The van der Waals surface area contributed by atoms with Crippen molar-refractivity contribution in [2.75, 3.05) is 19.3 Å². The zero-order valence-electron chi connectivity index (χ0n) is 11.0. The fourth-order valence-corrected chi connectivity index (χ4v) is 1.10. The Balaban J connectivity index is 0. The highest BCUT2D eigenvalue weighted by atomic mass is 32.1. The van der Waals surface area contributed by atoms with Crippen molar-refractivity contribution in [3.8, 4) is 0 Å². The van der Waals surface area contributed by atoms with E-state index in [-0.39, 0.29) is 0 Å². The van der Waals surface area contributed by atoms with Crippen molar-refractivity contribution in [2.24, 2.45) is 11.5 Å². The average molecular weight is 294 g/mol. The molecule has 2 amide bonds. The number of carboxylic acids is 1. The molecule has 8 nitrogen and oxygen atoms in total. The van der Waals surface area contributed by atoms with Gasteiger partial charge in [-0.2, -0.15) is 12.6 Å². The Morgan fingerprint density at radius 2 is 1.79 bits per heavy atom. The number of thiol groups is 1. The largest absolute Gasteiger partial charge is 0.481 e. The summed E-state index contributed by atoms with van der Waals surface area (Å²) in [4.78, 5) is 33.4. The quantitative estimate of drug-likeness (QED) is 0.297. The fraction of sp³-hybridized carbons (Fsp3) is 0.700. The molecule has 112 valence electrons. The van der Waals surface area contributed by atoms with Crippen LogP contribution >= 0.6 is 12.6 Å². The number of nitrogens with two attached hydrogens (primary N) is 2. The minimum atomic E-state index is -1.18. The number of nitrogens with one attached hydrogen (secondary N) is 2. The number of amides is 2. The zero-order chi connectivity index (χ0) is 15.4. The molecule has 0 saturated heterocycles. The number of carboxylic acid groups (broad SMARTS) is 1. The summed E-state index contributed by atoms with van der Waals surface area (Å²) >= 11 is 3.90. The maximum absolute atomic E-state index is 11.5. The smallest absolute Gasteiger partial charge is 0.305 e. The first kappa shape index (κ1) is 20.0. The van der Waals surface area contributed by atoms with E-state index in [1.54, 1.807) is 0 Å². The van der Waals surface area contributed by atoms with Crippen LogP contribution in [0.25, 0.3) is 0 Å². The highest BCUT2D eigenvalue weighted by molar-refractivity contribution is 7.80. The van der Waals surface area contributed by atoms with Crippen LogP contribution in [0.3, 0.4) is 0 Å². The lowest BCUT2D eigenvalue weighted by atomic mass is 10.1. The second kappa shape index (κ2) is 11.8. The SMILES string of the molecule is CC(N)C(=O)NC(CC(=O)O)C(=O)NCCS.CN. The molecule has 7 N–H and O–H groups in total. The van der Waals surface area contributed by atoms with Gasteiger partial charge in [-0.3, -0.25) is 14.4 Å². The summed E-state index contributed by atoms with van der Waals surface area (Å²) in [6.45, 7) is 1.74. The van der Waals surface area contributed by atoms with Gasteiger partial charge in [0.15, 0.2) is 0 Å². The summed E-state index contributed by atoms with van der Waals surface area (Å²) in [6, 6.07) is -1.92. The topological polar surface area (TPSA) is 148 Å². The van der Waals surface area contributed by atoms with E-state index in [0.717, 1.165) is 0 Å². The van der Waals surface area contributed by atoms with Crippen LogP contribution in [0.4, 0.5) is 0 Å². The van der Waals surface area contributed by atoms with Gasteiger partial charge in [0.2, 0.25) is 11.8 Å². The van der Waals surface area contributed by atoms with Crippen molar-refractivity contribution in [1.29, 1.82) is 0 Å². The lowest BCUT2D eigenvalue weighted by Gasteiger charge is -2.17. The number of rotatable bonds is 7. The normalized spacial score (nSPS) is 12.5. The standard InChI is InChI=1S/C9H17N3O4S.CH5N/c1-5(10)8(15)12-6(4-7(13)14)9(16)11-2-3-17;1-2/h5-6,17H,2-4,10H2,1H3,(H,11,16)(H,12,15)(H,13,14);2H2,1H3. The molecule has 0 aromatic heterocycles. The van der Waals surface area contributed by atoms with E-state index in [4.69, 9.17) is 10.8 Å². The van der Waals surface area contributed by atoms with Crippen molar-refractivity contribution >= 4 is 30.4 Å². The van der Waals surface area contributed by atoms with E-state index in [2.05, 4.69) is 29.0 Å². The maximum Gasteiger partial charge on any atom is 0.305 e. The molecule has 0 aliphatic carbocycles. The van der Waals surface area contributed by atoms with Crippen LogP contribution in [-0.4, -0.2) is 54.3 Å². The van der Waals surface area contributed by atoms with E-state index >= 15 is 0 Å². The van der Waals surface area contributed by atoms with Crippen LogP contribution < -0.4 is 22.1 Å². The first-order valence-corrected chi connectivity index (χ1v) is 6.25. The van der Waals surface area contributed by atoms with Crippen LogP contribution in [0, 0.1) is 0 Å². The average Bonchev–Trinajstić information content (AvgIpc) is 2.36. The van der Waals surface area contributed by atoms with Gasteiger partial charge in [-0.15, -0.1) is 0 Å². The second-order valence-corrected chi connectivity index (χ2v) is 3.91. The van der Waals surface area contributed by atoms with Gasteiger partial charge in [-0.05, 0) is 14.0 Å². The molecule has 2 atom stereocenters. The Morgan fingerprint density at radius 3 is 2.16 bits per heavy atom. The van der Waals surface area contributed by atoms with Crippen molar-refractivity contribution in [3.05, 3.63) is 0 Å². The maximum atomic E-state index is 11.5. The number of hydrogen-bond donors (Lipinski definition) is 6. The third kappa shape index (κ3) is 10.3. The number of aliphatic carboxylic acids is 1. The molecule has 0 aromatic carbocycles. The molecule has 0 aromatic rings. The molecule has 0 saturated carbocycles. The minimum Gasteiger partial charge on any atom is -0.481 e. The molecule has 0 aliphatic heterocycles. The number of carbonyl (C=O) groups is 3. The predicted octanol–water partition coefficient (Wildman–Crippen LogP) is -2.09. The first-order chi connectivity index (χ1) is 8.88. The molecule has 0 rings (SSSR count). The molecule has 9 heteroatoms. The lowest BCUT2D eigenvalue weighted by molar-refractivity contribution is -0.140. The molecule has 0 fully saturated rings. The van der Waals surface area contributed by atoms with Gasteiger partial charge in [-0.1, -0.05) is 0 Å². The van der Waals surface area contributed by atoms with Gasteiger partial charge in [-0.25, -0.2) is 0 Å². The van der Waals surface area contributed by atoms with E-state index < -0.39 is 36.3 Å². The lowest BCUT2D eigenvalue weighted by Crippen LogP contribution is -2.51. The van der Waals surface area contributed by atoms with Crippen molar-refractivity contribution < 1.29 is 19.5 Å². The molecule has 19 heavy (non-hydrogen) atoms. The summed E-state index contributed by atoms with van der Waals surface area (Å²) in [7, 11) is 1.50. The highest BCUT2D eigenvalue weighted by Crippen LogP contribution is 1.94. The molecule has 0 bridgehead atoms. The Kier molecular flexibility index (Phi) is 12.4. The third-order valence-electron chi connectivity index (χ3n) is 1.84. The Morgan fingerprint density at radius 1 is 1.26 bits per heavy atom. The Hall–Kier alpha value is -1.32. The third-order valence-corrected chi connectivity index (χ3v) is 2.06. The van der Waals surface area contributed by atoms with E-state index in [1.807, 2.05) is 0 Å². The van der Waals surface area contributed by atoms with Crippen molar-refractivity contribution in [2.45, 2.75) is 25.4 Å². The van der Waals surface area contributed by atoms with Crippen LogP contribution in [0.5, 0.6) is 0 Å². The summed E-state index contributed by atoms with van der Waals surface area (Å²) in [5.41, 5.74) is 9.81. The van der Waals surface area contributed by atoms with Gasteiger partial charge in [0.25, 0.3) is 0 Å². The highest BCUT2D eigenvalue weighted by Gasteiger charge is 2.24. The fourth-order valence-electron chi connectivity index (χ4n) is 0.989. The summed E-state index contributed by atoms with van der Waals surface area (Å²) < 4.78 is 0. The van der Waals surface area contributed by atoms with Crippen LogP contribution in [0.1, 0.15) is 13.3 Å². The molecule has 2 unspecified atom stereocenters. The molecule has 0 spiro atoms. The van der Waals surface area contributed by atoms with Crippen LogP contribution in [0.2, 0.25) is 0 Å². The molecule has 0 radical (unpaired) electrons. The van der Waals surface area contributed by atoms with E-state index in [1.165, 1.54) is 14.0 Å². The second-order valence-electron chi connectivity index (χ2n) is 3.46. The van der Waals surface area contributed by atoms with Gasteiger partial charge >= 0.3 is 5.97 Å². The first-order valence-electron chi connectivity index (χ1n) is 5.62. The van der Waals surface area contributed by atoms with E-state index in [9.17, 15) is 14.4 Å². The van der Waals surface area contributed by atoms with Crippen LogP contribution in [0.15, 0.2) is 0 Å². The zero-order valence-corrected chi connectivity index (χ0v) is 11.9. The summed E-state index contributed by atoms with van der Waals surface area (Å²) in [5.74, 6) is -1.89. The number of hydrogen-bond acceptors (Lipinski definition) is 6. The van der Waals surface area contributed by atoms with Gasteiger partial charge < -0.3 is 27.2 Å². The molecule has 0 heterocycles. The monoisotopic (exact) mass is 294 g/mol. The van der Waals surface area contributed by atoms with Gasteiger partial charge in [0.1, 0.15) is 6.04 Å². The van der Waals surface area contributed by atoms with Crippen molar-refractivity contribution in [3.63, 3.8) is 0 Å². The molecular weight excluding hydrogens is 272 g/mol. The molecular formula is C10H22N4O4S. The van der Waals surface area contributed by atoms with Gasteiger partial charge in [0, 0.05) is 12.3 Å². The van der Waals surface area contributed by atoms with Crippen molar-refractivity contribution in [1.82, 2.24) is 10.6 Å². The summed E-state index contributed by atoms with van der Waals surface area (Å²) in [5, 5.41) is 13.4. The van der Waals surface area contributed by atoms with Crippen LogP contribution in [-0.2, 0) is 14.4 Å². The number of carbonyl (C=O) groups excluding carboxylic acids is 2. The molecule has 0 aliphatic rings. The minimum absolute atomic E-state index is 0.298. The predicted molar refractivity (Wildman–Crippen MR) is 74.8 cm³/mol.